The van der Waals surface area contributed by atoms with Crippen LogP contribution in [0.3, 0.4) is 0 Å². The van der Waals surface area contributed by atoms with E-state index in [1.54, 1.807) is 0 Å². The van der Waals surface area contributed by atoms with Crippen molar-refractivity contribution in [1.29, 1.82) is 0 Å². The number of nitrogens with zero attached hydrogens (tertiary/aromatic N) is 3. The number of piperidine rings is 1. The van der Waals surface area contributed by atoms with Crippen LogP contribution < -0.4 is 9.64 Å². The summed E-state index contributed by atoms with van der Waals surface area (Å²) >= 11 is 0. The van der Waals surface area contributed by atoms with Crippen LogP contribution in [0.15, 0.2) is 54.6 Å². The molecule has 0 spiro atoms. The molecule has 2 aromatic rings. The van der Waals surface area contributed by atoms with E-state index in [2.05, 4.69) is 58.1 Å². The zero-order valence-corrected chi connectivity index (χ0v) is 19.6. The summed E-state index contributed by atoms with van der Waals surface area (Å²) < 4.78 is 6.18. The van der Waals surface area contributed by atoms with E-state index in [1.165, 1.54) is 18.5 Å². The standard InChI is InChI=1S/C27H39N3O2/c1-28-19-21-30(22-20-28)25-12-6-7-13-26(25)32-23-9-3-8-16-29-17-14-27(31,15-18-29)24-10-4-2-5-11-24/h2,4-7,10-13,31H,3,8-9,14-23H2,1H3. The van der Waals surface area contributed by atoms with E-state index in [0.29, 0.717) is 0 Å². The molecule has 1 N–H and O–H groups in total. The number of para-hydroxylation sites is 2. The van der Waals surface area contributed by atoms with E-state index in [9.17, 15) is 5.11 Å². The van der Waals surface area contributed by atoms with E-state index in [4.69, 9.17) is 4.74 Å². The Morgan fingerprint density at radius 3 is 2.25 bits per heavy atom. The van der Waals surface area contributed by atoms with Gasteiger partial charge in [-0.15, -0.1) is 0 Å². The summed E-state index contributed by atoms with van der Waals surface area (Å²) in [6, 6.07) is 18.6. The van der Waals surface area contributed by atoms with Gasteiger partial charge in [-0.3, -0.25) is 0 Å². The third-order valence-electron chi connectivity index (χ3n) is 7.08. The molecule has 0 aromatic heterocycles. The van der Waals surface area contributed by atoms with Crippen LogP contribution in [0.1, 0.15) is 37.7 Å². The van der Waals surface area contributed by atoms with Gasteiger partial charge < -0.3 is 24.5 Å². The first-order valence-electron chi connectivity index (χ1n) is 12.3. The van der Waals surface area contributed by atoms with Crippen LogP contribution in [-0.2, 0) is 5.60 Å². The monoisotopic (exact) mass is 437 g/mol. The third kappa shape index (κ3) is 6.03. The first kappa shape index (κ1) is 23.1. The number of hydrogen-bond acceptors (Lipinski definition) is 5. The number of rotatable bonds is 9. The Bertz CT molecular complexity index is 813. The van der Waals surface area contributed by atoms with Gasteiger partial charge in [0.15, 0.2) is 0 Å². The SMILES string of the molecule is CN1CCN(c2ccccc2OCCCCCN2CCC(O)(c3ccccc3)CC2)CC1. The normalized spacial score (nSPS) is 19.8. The van der Waals surface area contributed by atoms with Crippen molar-refractivity contribution in [2.75, 3.05) is 64.4 Å². The summed E-state index contributed by atoms with van der Waals surface area (Å²) in [6.45, 7) is 8.17. The van der Waals surface area contributed by atoms with Gasteiger partial charge in [0.1, 0.15) is 5.75 Å². The maximum Gasteiger partial charge on any atom is 0.142 e. The minimum Gasteiger partial charge on any atom is -0.491 e. The fraction of sp³-hybridized carbons (Fsp3) is 0.556. The molecule has 0 bridgehead atoms. The molecule has 4 rings (SSSR count). The second kappa shape index (κ2) is 11.2. The Hall–Kier alpha value is -2.08. The van der Waals surface area contributed by atoms with Gasteiger partial charge in [-0.2, -0.15) is 0 Å². The molecule has 2 aliphatic rings. The highest BCUT2D eigenvalue weighted by Gasteiger charge is 2.33. The number of unbranched alkanes of at least 4 members (excludes halogenated alkanes) is 2. The maximum atomic E-state index is 11.0. The minimum atomic E-state index is -0.650. The van der Waals surface area contributed by atoms with Crippen molar-refractivity contribution >= 4 is 5.69 Å². The third-order valence-corrected chi connectivity index (χ3v) is 7.08. The number of benzene rings is 2. The average molecular weight is 438 g/mol. The second-order valence-electron chi connectivity index (χ2n) is 9.41. The van der Waals surface area contributed by atoms with Gasteiger partial charge in [-0.25, -0.2) is 0 Å². The largest absolute Gasteiger partial charge is 0.491 e. The Labute approximate surface area is 193 Å². The van der Waals surface area contributed by atoms with E-state index >= 15 is 0 Å². The number of anilines is 1. The molecule has 174 valence electrons. The zero-order chi connectivity index (χ0) is 22.2. The van der Waals surface area contributed by atoms with Crippen LogP contribution in [0.5, 0.6) is 5.75 Å². The van der Waals surface area contributed by atoms with Crippen LogP contribution in [0.25, 0.3) is 0 Å². The first-order chi connectivity index (χ1) is 15.6. The van der Waals surface area contributed by atoms with Crippen LogP contribution in [0, 0.1) is 0 Å². The maximum absolute atomic E-state index is 11.0. The molecule has 0 amide bonds. The highest BCUT2D eigenvalue weighted by Crippen LogP contribution is 2.33. The molecule has 32 heavy (non-hydrogen) atoms. The fourth-order valence-electron chi connectivity index (χ4n) is 4.87. The Kier molecular flexibility index (Phi) is 8.06. The molecule has 0 aliphatic carbocycles. The summed E-state index contributed by atoms with van der Waals surface area (Å²) in [5.74, 6) is 1.02. The lowest BCUT2D eigenvalue weighted by atomic mass is 9.84. The molecule has 0 atom stereocenters. The highest BCUT2D eigenvalue weighted by atomic mass is 16.5. The molecule has 5 nitrogen and oxygen atoms in total. The van der Waals surface area contributed by atoms with Crippen molar-refractivity contribution in [2.24, 2.45) is 0 Å². The van der Waals surface area contributed by atoms with E-state index < -0.39 is 5.60 Å². The predicted molar refractivity (Wildman–Crippen MR) is 132 cm³/mol. The van der Waals surface area contributed by atoms with Crippen LogP contribution in [0.2, 0.25) is 0 Å². The molecule has 0 radical (unpaired) electrons. The van der Waals surface area contributed by atoms with Gasteiger partial charge in [-0.05, 0) is 63.4 Å². The van der Waals surface area contributed by atoms with Crippen molar-refractivity contribution in [3.8, 4) is 5.75 Å². The van der Waals surface area contributed by atoms with Gasteiger partial charge in [0.2, 0.25) is 0 Å². The Morgan fingerprint density at radius 1 is 0.812 bits per heavy atom. The number of hydrogen-bond donors (Lipinski definition) is 1. The fourth-order valence-corrected chi connectivity index (χ4v) is 4.87. The molecular formula is C27H39N3O2. The van der Waals surface area contributed by atoms with E-state index in [0.717, 1.165) is 83.0 Å². The molecule has 0 saturated carbocycles. The minimum absolute atomic E-state index is 0.650. The molecule has 2 saturated heterocycles. The number of aliphatic hydroxyl groups is 1. The summed E-state index contributed by atoms with van der Waals surface area (Å²) in [7, 11) is 2.19. The Balaban J connectivity index is 1.13. The van der Waals surface area contributed by atoms with Crippen LogP contribution >= 0.6 is 0 Å². The van der Waals surface area contributed by atoms with Crippen molar-refractivity contribution in [1.82, 2.24) is 9.80 Å². The molecule has 2 fully saturated rings. The predicted octanol–water partition coefficient (Wildman–Crippen LogP) is 3.97. The number of likely N-dealkylation sites (tertiary alicyclic amines) is 1. The van der Waals surface area contributed by atoms with Crippen molar-refractivity contribution in [2.45, 2.75) is 37.7 Å². The summed E-state index contributed by atoms with van der Waals surface area (Å²) in [5.41, 5.74) is 1.65. The van der Waals surface area contributed by atoms with Crippen molar-refractivity contribution in [3.05, 3.63) is 60.2 Å². The van der Waals surface area contributed by atoms with Crippen molar-refractivity contribution < 1.29 is 9.84 Å². The molecule has 2 heterocycles. The van der Waals surface area contributed by atoms with E-state index in [1.807, 2.05) is 18.2 Å². The van der Waals surface area contributed by atoms with Crippen molar-refractivity contribution in [3.63, 3.8) is 0 Å². The number of piperazine rings is 1. The molecule has 2 aliphatic heterocycles. The summed E-state index contributed by atoms with van der Waals surface area (Å²) in [4.78, 5) is 7.33. The van der Waals surface area contributed by atoms with Crippen LogP contribution in [-0.4, -0.2) is 74.4 Å². The van der Waals surface area contributed by atoms with Gasteiger partial charge >= 0.3 is 0 Å². The highest BCUT2D eigenvalue weighted by molar-refractivity contribution is 5.58. The lowest BCUT2D eigenvalue weighted by Gasteiger charge is -2.38. The molecule has 5 heteroatoms. The first-order valence-corrected chi connectivity index (χ1v) is 12.3. The summed E-state index contributed by atoms with van der Waals surface area (Å²) in [6.07, 6.45) is 5.09. The number of ether oxygens (including phenoxy) is 1. The van der Waals surface area contributed by atoms with E-state index in [-0.39, 0.29) is 0 Å². The van der Waals surface area contributed by atoms with Gasteiger partial charge in [0, 0.05) is 39.3 Å². The number of likely N-dealkylation sites (N-methyl/N-ethyl adjacent to an activating group) is 1. The van der Waals surface area contributed by atoms with Gasteiger partial charge in [0.25, 0.3) is 0 Å². The average Bonchev–Trinajstić information content (AvgIpc) is 2.84. The molecular weight excluding hydrogens is 398 g/mol. The topological polar surface area (TPSA) is 39.2 Å². The lowest BCUT2D eigenvalue weighted by molar-refractivity contribution is -0.0261. The van der Waals surface area contributed by atoms with Crippen LogP contribution in [0.4, 0.5) is 5.69 Å². The quantitative estimate of drug-likeness (QED) is 0.601. The second-order valence-corrected chi connectivity index (χ2v) is 9.41. The molecule has 2 aromatic carbocycles. The van der Waals surface area contributed by atoms with Gasteiger partial charge in [0.05, 0.1) is 17.9 Å². The smallest absolute Gasteiger partial charge is 0.142 e. The lowest BCUT2D eigenvalue weighted by Crippen LogP contribution is -2.44. The summed E-state index contributed by atoms with van der Waals surface area (Å²) in [5, 5.41) is 11.0. The zero-order valence-electron chi connectivity index (χ0n) is 19.6. The molecule has 0 unspecified atom stereocenters. The van der Waals surface area contributed by atoms with Gasteiger partial charge in [-0.1, -0.05) is 42.5 Å². The Morgan fingerprint density at radius 2 is 1.50 bits per heavy atom.